The van der Waals surface area contributed by atoms with Crippen molar-refractivity contribution in [1.29, 1.82) is 10.5 Å². The van der Waals surface area contributed by atoms with E-state index in [4.69, 9.17) is 14.9 Å². The SMILES string of the molecule is N#CC(C#N)=Cc1ccc(C2=CCCN2CCC2=CCCC=C2)o1. The van der Waals surface area contributed by atoms with Gasteiger partial charge in [0.25, 0.3) is 0 Å². The van der Waals surface area contributed by atoms with Gasteiger partial charge in [0.2, 0.25) is 0 Å². The molecule has 4 heteroatoms. The molecular weight excluding hydrogens is 298 g/mol. The lowest BCUT2D eigenvalue weighted by molar-refractivity contribution is 0.412. The van der Waals surface area contributed by atoms with Crippen LogP contribution in [-0.2, 0) is 0 Å². The maximum absolute atomic E-state index is 8.83. The molecule has 0 N–H and O–H groups in total. The summed E-state index contributed by atoms with van der Waals surface area (Å²) in [6, 6.07) is 7.40. The van der Waals surface area contributed by atoms with Crippen molar-refractivity contribution in [2.24, 2.45) is 0 Å². The molecule has 0 unspecified atom stereocenters. The molecule has 2 aliphatic rings. The number of hydrogen-bond donors (Lipinski definition) is 0. The summed E-state index contributed by atoms with van der Waals surface area (Å²) in [5.74, 6) is 1.33. The Hall–Kier alpha value is -2.98. The Morgan fingerprint density at radius 1 is 1.17 bits per heavy atom. The largest absolute Gasteiger partial charge is 0.455 e. The van der Waals surface area contributed by atoms with Crippen molar-refractivity contribution in [3.63, 3.8) is 0 Å². The van der Waals surface area contributed by atoms with E-state index >= 15 is 0 Å². The minimum Gasteiger partial charge on any atom is -0.455 e. The lowest BCUT2D eigenvalue weighted by atomic mass is 10.0. The highest BCUT2D eigenvalue weighted by Gasteiger charge is 2.19. The summed E-state index contributed by atoms with van der Waals surface area (Å²) in [6.45, 7) is 1.97. The van der Waals surface area contributed by atoms with Crippen LogP contribution in [0.2, 0.25) is 0 Å². The second-order valence-corrected chi connectivity index (χ2v) is 5.86. The minimum atomic E-state index is 0.0455. The first-order chi connectivity index (χ1) is 11.8. The van der Waals surface area contributed by atoms with Gasteiger partial charge in [-0.3, -0.25) is 0 Å². The molecule has 2 heterocycles. The third-order valence-corrected chi connectivity index (χ3v) is 4.23. The van der Waals surface area contributed by atoms with E-state index in [0.717, 1.165) is 50.2 Å². The first-order valence-corrected chi connectivity index (χ1v) is 8.23. The molecule has 0 fully saturated rings. The summed E-state index contributed by atoms with van der Waals surface area (Å²) in [7, 11) is 0. The minimum absolute atomic E-state index is 0.0455. The third-order valence-electron chi connectivity index (χ3n) is 4.23. The maximum atomic E-state index is 8.83. The molecule has 1 aliphatic heterocycles. The Morgan fingerprint density at radius 2 is 2.04 bits per heavy atom. The predicted molar refractivity (Wildman–Crippen MR) is 93.2 cm³/mol. The van der Waals surface area contributed by atoms with E-state index in [1.807, 2.05) is 18.2 Å². The van der Waals surface area contributed by atoms with Crippen molar-refractivity contribution in [3.05, 3.63) is 59.1 Å². The number of allylic oxidation sites excluding steroid dienone is 4. The van der Waals surface area contributed by atoms with Crippen LogP contribution in [0.15, 0.2) is 52.0 Å². The molecule has 0 saturated carbocycles. The smallest absolute Gasteiger partial charge is 0.150 e. The van der Waals surface area contributed by atoms with Gasteiger partial charge >= 0.3 is 0 Å². The lowest BCUT2D eigenvalue weighted by Gasteiger charge is -2.21. The van der Waals surface area contributed by atoms with Gasteiger partial charge in [0.1, 0.15) is 23.5 Å². The summed E-state index contributed by atoms with van der Waals surface area (Å²) in [6.07, 6.45) is 14.8. The molecule has 0 radical (unpaired) electrons. The van der Waals surface area contributed by atoms with Crippen LogP contribution in [0.1, 0.15) is 37.2 Å². The highest BCUT2D eigenvalue weighted by molar-refractivity contribution is 5.65. The van der Waals surface area contributed by atoms with Gasteiger partial charge in [0.15, 0.2) is 5.76 Å². The molecule has 1 aromatic rings. The highest BCUT2D eigenvalue weighted by atomic mass is 16.3. The topological polar surface area (TPSA) is 64.0 Å². The van der Waals surface area contributed by atoms with Crippen molar-refractivity contribution in [3.8, 4) is 12.1 Å². The summed E-state index contributed by atoms with van der Waals surface area (Å²) < 4.78 is 5.81. The van der Waals surface area contributed by atoms with Crippen LogP contribution in [0.5, 0.6) is 0 Å². The first-order valence-electron chi connectivity index (χ1n) is 8.23. The Morgan fingerprint density at radius 3 is 2.79 bits per heavy atom. The quantitative estimate of drug-likeness (QED) is 0.754. The van der Waals surface area contributed by atoms with E-state index < -0.39 is 0 Å². The van der Waals surface area contributed by atoms with Crippen molar-refractivity contribution in [2.75, 3.05) is 13.1 Å². The second kappa shape index (κ2) is 7.53. The molecule has 24 heavy (non-hydrogen) atoms. The van der Waals surface area contributed by atoms with Gasteiger partial charge in [-0.25, -0.2) is 0 Å². The molecule has 0 amide bonds. The predicted octanol–water partition coefficient (Wildman–Crippen LogP) is 4.42. The van der Waals surface area contributed by atoms with E-state index in [-0.39, 0.29) is 5.57 Å². The highest BCUT2D eigenvalue weighted by Crippen LogP contribution is 2.28. The van der Waals surface area contributed by atoms with E-state index in [1.165, 1.54) is 11.6 Å². The van der Waals surface area contributed by atoms with Gasteiger partial charge in [-0.05, 0) is 37.8 Å². The Balaban J connectivity index is 1.68. The molecule has 1 aromatic heterocycles. The van der Waals surface area contributed by atoms with E-state index in [2.05, 4.69) is 29.2 Å². The molecular formula is C20H19N3O. The number of furan rings is 1. The van der Waals surface area contributed by atoms with Crippen molar-refractivity contribution >= 4 is 11.8 Å². The van der Waals surface area contributed by atoms with Crippen LogP contribution >= 0.6 is 0 Å². The van der Waals surface area contributed by atoms with E-state index in [1.54, 1.807) is 6.07 Å². The lowest BCUT2D eigenvalue weighted by Crippen LogP contribution is -2.20. The Bertz CT molecular complexity index is 793. The number of nitriles is 2. The van der Waals surface area contributed by atoms with E-state index in [9.17, 15) is 0 Å². The van der Waals surface area contributed by atoms with E-state index in [0.29, 0.717) is 5.76 Å². The van der Waals surface area contributed by atoms with Gasteiger partial charge in [-0.2, -0.15) is 10.5 Å². The first kappa shape index (κ1) is 15.9. The molecule has 0 atom stereocenters. The maximum Gasteiger partial charge on any atom is 0.150 e. The molecule has 0 bridgehead atoms. The monoisotopic (exact) mass is 317 g/mol. The standard InChI is InChI=1S/C20H19N3O/c21-14-17(15-22)13-18-8-9-20(24-18)19-7-4-11-23(19)12-10-16-5-2-1-3-6-16/h2,5-9,13H,1,3-4,10-12H2. The normalized spacial score (nSPS) is 16.2. The van der Waals surface area contributed by atoms with Crippen LogP contribution in [0, 0.1) is 22.7 Å². The van der Waals surface area contributed by atoms with Gasteiger partial charge in [-0.1, -0.05) is 29.9 Å². The number of rotatable bonds is 5. The van der Waals surface area contributed by atoms with Crippen LogP contribution in [-0.4, -0.2) is 18.0 Å². The summed E-state index contributed by atoms with van der Waals surface area (Å²) in [4.78, 5) is 2.34. The second-order valence-electron chi connectivity index (χ2n) is 5.86. The Labute approximate surface area is 142 Å². The summed E-state index contributed by atoms with van der Waals surface area (Å²) in [5, 5.41) is 17.7. The fourth-order valence-electron chi connectivity index (χ4n) is 3.01. The van der Waals surface area contributed by atoms with Gasteiger partial charge in [0.05, 0.1) is 5.70 Å². The van der Waals surface area contributed by atoms with Crippen molar-refractivity contribution < 1.29 is 4.42 Å². The van der Waals surface area contributed by atoms with Crippen molar-refractivity contribution in [2.45, 2.75) is 25.7 Å². The molecule has 0 aromatic carbocycles. The number of nitrogens with zero attached hydrogens (tertiary/aromatic N) is 3. The van der Waals surface area contributed by atoms with Crippen LogP contribution in [0.25, 0.3) is 11.8 Å². The fourth-order valence-corrected chi connectivity index (χ4v) is 3.01. The average molecular weight is 317 g/mol. The molecule has 1 aliphatic carbocycles. The van der Waals surface area contributed by atoms with Gasteiger partial charge < -0.3 is 9.32 Å². The molecule has 0 saturated heterocycles. The molecule has 120 valence electrons. The summed E-state index contributed by atoms with van der Waals surface area (Å²) >= 11 is 0. The van der Waals surface area contributed by atoms with Crippen LogP contribution in [0.4, 0.5) is 0 Å². The van der Waals surface area contributed by atoms with Gasteiger partial charge in [0, 0.05) is 19.2 Å². The van der Waals surface area contributed by atoms with Gasteiger partial charge in [-0.15, -0.1) is 0 Å². The summed E-state index contributed by atoms with van der Waals surface area (Å²) in [5.41, 5.74) is 2.55. The molecule has 0 spiro atoms. The number of hydrogen-bond acceptors (Lipinski definition) is 4. The third kappa shape index (κ3) is 3.67. The zero-order valence-electron chi connectivity index (χ0n) is 13.5. The molecule has 3 rings (SSSR count). The Kier molecular flexibility index (Phi) is 4.99. The molecule has 4 nitrogen and oxygen atoms in total. The fraction of sp³-hybridized carbons (Fsp3) is 0.300. The zero-order valence-corrected chi connectivity index (χ0v) is 13.5. The van der Waals surface area contributed by atoms with Crippen LogP contribution < -0.4 is 0 Å². The zero-order chi connectivity index (χ0) is 16.8. The van der Waals surface area contributed by atoms with Crippen LogP contribution in [0.3, 0.4) is 0 Å². The van der Waals surface area contributed by atoms with Crippen molar-refractivity contribution in [1.82, 2.24) is 4.90 Å². The average Bonchev–Trinajstić information content (AvgIpc) is 3.27.